The Kier molecular flexibility index (Phi) is 15.9. The molecule has 0 radical (unpaired) electrons. The second kappa shape index (κ2) is 19.8. The first-order valence-electron chi connectivity index (χ1n) is 15.7. The number of nitrogens with two attached hydrogens (primary N) is 1. The zero-order valence-corrected chi connectivity index (χ0v) is 29.5. The van der Waals surface area contributed by atoms with Gasteiger partial charge in [-0.1, -0.05) is 36.4 Å². The van der Waals surface area contributed by atoms with Gasteiger partial charge in [0.05, 0.1) is 24.6 Å². The Morgan fingerprint density at radius 1 is 0.982 bits per heavy atom. The first-order valence-corrected chi connectivity index (χ1v) is 15.7. The third-order valence-electron chi connectivity index (χ3n) is 6.99. The topological polar surface area (TPSA) is 280 Å². The molecular weight excluding hydrogens is 735 g/mol. The summed E-state index contributed by atoms with van der Waals surface area (Å²) in [5.41, 5.74) is 7.82. The highest BCUT2D eigenvalue weighted by atomic mass is 19.4. The first kappa shape index (κ1) is 44.2. The van der Waals surface area contributed by atoms with E-state index in [0.29, 0.717) is 22.4 Å². The molecule has 2 amide bonds. The van der Waals surface area contributed by atoms with Gasteiger partial charge < -0.3 is 41.5 Å². The smallest absolute Gasteiger partial charge is 0.490 e. The van der Waals surface area contributed by atoms with Crippen LogP contribution in [0.1, 0.15) is 40.9 Å². The minimum absolute atomic E-state index is 0. The minimum Gasteiger partial charge on any atom is -0.497 e. The summed E-state index contributed by atoms with van der Waals surface area (Å²) in [7, 11) is 1.54. The number of hydrogen-bond acceptors (Lipinski definition) is 11. The highest BCUT2D eigenvalue weighted by Crippen LogP contribution is 2.23. The van der Waals surface area contributed by atoms with Gasteiger partial charge in [-0.3, -0.25) is 24.9 Å². The van der Waals surface area contributed by atoms with E-state index < -0.39 is 35.7 Å². The summed E-state index contributed by atoms with van der Waals surface area (Å²) in [4.78, 5) is 63.4. The van der Waals surface area contributed by atoms with Crippen molar-refractivity contribution in [2.75, 3.05) is 18.2 Å². The van der Waals surface area contributed by atoms with Crippen molar-refractivity contribution in [3.63, 3.8) is 0 Å². The number of halogens is 3. The molecule has 3 aromatic carbocycles. The predicted molar refractivity (Wildman–Crippen MR) is 193 cm³/mol. The number of carbonyl (C=O) groups excluding carboxylic acids is 2. The lowest BCUT2D eigenvalue weighted by Gasteiger charge is -2.17. The number of ether oxygens (including phenoxy) is 2. The van der Waals surface area contributed by atoms with Crippen molar-refractivity contribution in [1.82, 2.24) is 20.2 Å². The molecule has 0 aliphatic carbocycles. The molecule has 4 aromatic rings. The third kappa shape index (κ3) is 13.5. The molecule has 0 fully saturated rings. The highest BCUT2D eigenvalue weighted by molar-refractivity contribution is 6.04. The van der Waals surface area contributed by atoms with Gasteiger partial charge in [0.25, 0.3) is 5.56 Å². The number of anilines is 2. The van der Waals surface area contributed by atoms with Crippen LogP contribution in [-0.4, -0.2) is 74.3 Å². The Balaban J connectivity index is 0.00000119. The lowest BCUT2D eigenvalue weighted by molar-refractivity contribution is -0.192. The second-order valence-corrected chi connectivity index (χ2v) is 11.5. The lowest BCUT2D eigenvalue weighted by atomic mass is 10.1. The van der Waals surface area contributed by atoms with Crippen molar-refractivity contribution in [2.24, 2.45) is 0 Å². The SMILES string of the molecule is COc1cccc(COC(=O)NC(=N)c2ccc(CNC(=O)Cn3c(-c4cc(N)cc(C(=O)O)c4)cnc(NC(C)C)c3=O)cc2)c1.O.O=C(O)C(F)(F)F. The number of amides is 2. The van der Waals surface area contributed by atoms with Crippen LogP contribution < -0.4 is 32.0 Å². The number of nitrogens with zero attached hydrogens (tertiary/aromatic N) is 2. The zero-order chi connectivity index (χ0) is 40.2. The van der Waals surface area contributed by atoms with E-state index in [9.17, 15) is 37.5 Å². The number of nitrogens with one attached hydrogen (secondary N) is 4. The van der Waals surface area contributed by atoms with Crippen LogP contribution in [0.3, 0.4) is 0 Å². The molecule has 55 heavy (non-hydrogen) atoms. The number of aromatic nitrogens is 2. The van der Waals surface area contributed by atoms with Crippen molar-refractivity contribution >= 4 is 41.3 Å². The number of amidine groups is 1. The van der Waals surface area contributed by atoms with Crippen LogP contribution in [0, 0.1) is 5.41 Å². The van der Waals surface area contributed by atoms with Crippen molar-refractivity contribution in [3.8, 4) is 17.0 Å². The van der Waals surface area contributed by atoms with Gasteiger partial charge in [-0.15, -0.1) is 0 Å². The van der Waals surface area contributed by atoms with E-state index in [1.807, 2.05) is 13.8 Å². The van der Waals surface area contributed by atoms with Crippen molar-refractivity contribution in [2.45, 2.75) is 45.8 Å². The number of carboxylic acids is 2. The normalized spacial score (nSPS) is 10.5. The molecule has 10 N–H and O–H groups in total. The van der Waals surface area contributed by atoms with E-state index in [1.165, 1.54) is 29.0 Å². The van der Waals surface area contributed by atoms with E-state index in [0.717, 1.165) is 5.56 Å². The molecule has 1 heterocycles. The molecule has 0 bridgehead atoms. The molecule has 0 aliphatic rings. The van der Waals surface area contributed by atoms with Crippen LogP contribution in [0.5, 0.6) is 5.75 Å². The van der Waals surface area contributed by atoms with E-state index in [4.69, 9.17) is 30.5 Å². The van der Waals surface area contributed by atoms with Crippen molar-refractivity contribution in [3.05, 3.63) is 106 Å². The molecule has 17 nitrogen and oxygen atoms in total. The Hall–Kier alpha value is -6.96. The number of benzene rings is 3. The Labute approximate surface area is 310 Å². The molecule has 0 spiro atoms. The first-order chi connectivity index (χ1) is 25.4. The summed E-state index contributed by atoms with van der Waals surface area (Å²) in [6.45, 7) is 3.39. The third-order valence-corrected chi connectivity index (χ3v) is 6.99. The number of rotatable bonds is 12. The number of hydrogen-bond donors (Lipinski definition) is 7. The van der Waals surface area contributed by atoms with Crippen LogP contribution in [-0.2, 0) is 34.0 Å². The molecule has 294 valence electrons. The van der Waals surface area contributed by atoms with Gasteiger partial charge in [0.2, 0.25) is 5.91 Å². The lowest BCUT2D eigenvalue weighted by Crippen LogP contribution is -2.35. The monoisotopic (exact) mass is 773 g/mol. The fourth-order valence-corrected chi connectivity index (χ4v) is 4.48. The Morgan fingerprint density at radius 2 is 1.64 bits per heavy atom. The molecular formula is C35H38F3N7O10. The van der Waals surface area contributed by atoms with Gasteiger partial charge in [0.1, 0.15) is 24.7 Å². The van der Waals surface area contributed by atoms with Crippen LogP contribution in [0.4, 0.5) is 29.5 Å². The number of carbonyl (C=O) groups is 4. The summed E-state index contributed by atoms with van der Waals surface area (Å²) in [5.74, 6) is -3.94. The van der Waals surface area contributed by atoms with E-state index >= 15 is 0 Å². The standard InChI is InChI=1S/C33H35N7O7.C2HF3O2.H2O/c1-19(2)38-30-31(42)40(27(16-37-30)23-12-24(32(43)44)14-25(34)13-23)17-28(41)36-15-20-7-9-22(10-8-20)29(35)39-33(45)47-18-21-5-4-6-26(11-21)46-3;3-2(4,5)1(6)7;/h4-14,16,19H,15,17-18,34H2,1-3H3,(H,36,41)(H,37,38)(H,43,44)(H2,35,39,45);(H,6,7);1H2. The fourth-order valence-electron chi connectivity index (χ4n) is 4.48. The van der Waals surface area contributed by atoms with Crippen LogP contribution in [0.25, 0.3) is 11.3 Å². The maximum absolute atomic E-state index is 13.4. The number of nitrogen functional groups attached to an aromatic ring is 1. The number of methoxy groups -OCH3 is 1. The summed E-state index contributed by atoms with van der Waals surface area (Å²) in [6, 6.07) is 17.7. The zero-order valence-electron chi connectivity index (χ0n) is 29.5. The van der Waals surface area contributed by atoms with Crippen LogP contribution >= 0.6 is 0 Å². The molecule has 0 unspecified atom stereocenters. The predicted octanol–water partition coefficient (Wildman–Crippen LogP) is 3.40. The molecule has 0 saturated carbocycles. The van der Waals surface area contributed by atoms with Gasteiger partial charge in [0.15, 0.2) is 5.82 Å². The number of carboxylic acid groups (broad SMARTS) is 2. The van der Waals surface area contributed by atoms with Crippen molar-refractivity contribution in [1.29, 1.82) is 5.41 Å². The van der Waals surface area contributed by atoms with E-state index in [-0.39, 0.29) is 59.8 Å². The maximum atomic E-state index is 13.4. The van der Waals surface area contributed by atoms with Crippen LogP contribution in [0.2, 0.25) is 0 Å². The molecule has 4 rings (SSSR count). The average Bonchev–Trinajstić information content (AvgIpc) is 3.11. The van der Waals surface area contributed by atoms with Gasteiger partial charge in [-0.2, -0.15) is 13.2 Å². The van der Waals surface area contributed by atoms with E-state index in [2.05, 4.69) is 20.9 Å². The molecule has 0 aliphatic heterocycles. The Bertz CT molecular complexity index is 2070. The summed E-state index contributed by atoms with van der Waals surface area (Å²) >= 11 is 0. The quantitative estimate of drug-likeness (QED) is 0.0620. The number of alkyl halides is 3. The summed E-state index contributed by atoms with van der Waals surface area (Å²) < 4.78 is 43.3. The average molecular weight is 774 g/mol. The van der Waals surface area contributed by atoms with Gasteiger partial charge >= 0.3 is 24.2 Å². The van der Waals surface area contributed by atoms with Gasteiger partial charge in [0, 0.05) is 29.4 Å². The number of aliphatic carboxylic acids is 1. The van der Waals surface area contributed by atoms with Gasteiger partial charge in [-0.05, 0) is 55.3 Å². The molecule has 20 heteroatoms. The summed E-state index contributed by atoms with van der Waals surface area (Å²) in [6.07, 6.45) is -4.49. The van der Waals surface area contributed by atoms with Crippen LogP contribution in [0.15, 0.2) is 77.7 Å². The molecule has 1 aromatic heterocycles. The highest BCUT2D eigenvalue weighted by Gasteiger charge is 2.38. The van der Waals surface area contributed by atoms with Gasteiger partial charge in [-0.25, -0.2) is 19.4 Å². The van der Waals surface area contributed by atoms with Crippen molar-refractivity contribution < 1.29 is 57.5 Å². The number of alkyl carbamates (subject to hydrolysis) is 1. The largest absolute Gasteiger partial charge is 0.497 e. The molecule has 0 atom stereocenters. The fraction of sp³-hybridized carbons (Fsp3) is 0.229. The minimum atomic E-state index is -5.08. The maximum Gasteiger partial charge on any atom is 0.490 e. The summed E-state index contributed by atoms with van der Waals surface area (Å²) in [5, 5.41) is 32.9. The molecule has 0 saturated heterocycles. The second-order valence-electron chi connectivity index (χ2n) is 11.5. The van der Waals surface area contributed by atoms with E-state index in [1.54, 1.807) is 55.6 Å². The number of aromatic carboxylic acids is 1. The Morgan fingerprint density at radius 3 is 2.22 bits per heavy atom.